The van der Waals surface area contributed by atoms with Crippen LogP contribution in [0, 0.1) is 0 Å². The van der Waals surface area contributed by atoms with E-state index in [4.69, 9.17) is 5.73 Å². The van der Waals surface area contributed by atoms with Gasteiger partial charge in [0.15, 0.2) is 0 Å². The first kappa shape index (κ1) is 8.23. The normalized spacial score (nSPS) is 13.4. The fourth-order valence-corrected chi connectivity index (χ4v) is 1.01. The van der Waals surface area contributed by atoms with Gasteiger partial charge >= 0.3 is 0 Å². The first-order chi connectivity index (χ1) is 5.29. The number of nitrogens with two attached hydrogens (primary N) is 1. The van der Waals surface area contributed by atoms with Gasteiger partial charge in [-0.3, -0.25) is 4.68 Å². The molecule has 0 aliphatic carbocycles. The van der Waals surface area contributed by atoms with Crippen LogP contribution >= 0.6 is 0 Å². The number of aromatic nitrogens is 2. The minimum Gasteiger partial charge on any atom is -0.385 e. The number of nitrogens with zero attached hydrogens (tertiary/aromatic N) is 2. The highest BCUT2D eigenvalue weighted by Gasteiger charge is 2.08. The number of aliphatic hydroxyl groups is 1. The summed E-state index contributed by atoms with van der Waals surface area (Å²) >= 11 is 0. The topological polar surface area (TPSA) is 64.1 Å². The molecule has 0 aliphatic rings. The predicted molar refractivity (Wildman–Crippen MR) is 41.9 cm³/mol. The largest absolute Gasteiger partial charge is 0.385 e. The van der Waals surface area contributed by atoms with Gasteiger partial charge in [-0.1, -0.05) is 0 Å². The van der Waals surface area contributed by atoms with Gasteiger partial charge in [-0.05, 0) is 13.0 Å². The van der Waals surface area contributed by atoms with Crippen molar-refractivity contribution in [3.63, 3.8) is 0 Å². The van der Waals surface area contributed by atoms with Gasteiger partial charge in [0.25, 0.3) is 0 Å². The van der Waals surface area contributed by atoms with Crippen LogP contribution in [0.2, 0.25) is 0 Å². The van der Waals surface area contributed by atoms with Gasteiger partial charge in [0.1, 0.15) is 6.10 Å². The molecule has 1 heterocycles. The van der Waals surface area contributed by atoms with Crippen molar-refractivity contribution in [3.8, 4) is 0 Å². The predicted octanol–water partition coefficient (Wildman–Crippen LogP) is -0.105. The monoisotopic (exact) mass is 155 g/mol. The van der Waals surface area contributed by atoms with E-state index in [2.05, 4.69) is 5.10 Å². The Kier molecular flexibility index (Phi) is 2.62. The molecule has 0 unspecified atom stereocenters. The molecule has 0 bridgehead atoms. The van der Waals surface area contributed by atoms with Crippen molar-refractivity contribution < 1.29 is 5.11 Å². The van der Waals surface area contributed by atoms with Crippen LogP contribution in [0.25, 0.3) is 0 Å². The molecular formula is C7H13N3O. The van der Waals surface area contributed by atoms with Gasteiger partial charge in [0, 0.05) is 19.3 Å². The molecule has 0 aromatic carbocycles. The Bertz CT molecular complexity index is 221. The zero-order valence-corrected chi connectivity index (χ0v) is 6.57. The van der Waals surface area contributed by atoms with Crippen LogP contribution in [0.4, 0.5) is 0 Å². The zero-order valence-electron chi connectivity index (χ0n) is 6.57. The summed E-state index contributed by atoms with van der Waals surface area (Å²) in [5.74, 6) is 0. The Morgan fingerprint density at radius 2 is 2.55 bits per heavy atom. The summed E-state index contributed by atoms with van der Waals surface area (Å²) < 4.78 is 1.73. The number of aliphatic hydroxyl groups excluding tert-OH is 1. The van der Waals surface area contributed by atoms with Gasteiger partial charge < -0.3 is 10.8 Å². The quantitative estimate of drug-likeness (QED) is 0.640. The third-order valence-electron chi connectivity index (χ3n) is 1.61. The smallest absolute Gasteiger partial charge is 0.108 e. The second-order valence-electron chi connectivity index (χ2n) is 2.32. The molecule has 1 aromatic rings. The maximum atomic E-state index is 9.34. The van der Waals surface area contributed by atoms with Crippen LogP contribution in [-0.2, 0) is 6.54 Å². The van der Waals surface area contributed by atoms with Crippen LogP contribution in [0.15, 0.2) is 12.3 Å². The van der Waals surface area contributed by atoms with E-state index in [1.54, 1.807) is 16.9 Å². The van der Waals surface area contributed by atoms with E-state index < -0.39 is 6.10 Å². The third kappa shape index (κ3) is 1.58. The fourth-order valence-electron chi connectivity index (χ4n) is 1.01. The Hall–Kier alpha value is -0.870. The van der Waals surface area contributed by atoms with Gasteiger partial charge in [-0.25, -0.2) is 0 Å². The highest BCUT2D eigenvalue weighted by atomic mass is 16.3. The molecule has 0 fully saturated rings. The first-order valence-corrected chi connectivity index (χ1v) is 3.69. The van der Waals surface area contributed by atoms with Crippen molar-refractivity contribution in [1.29, 1.82) is 0 Å². The lowest BCUT2D eigenvalue weighted by molar-refractivity contribution is 0.175. The van der Waals surface area contributed by atoms with E-state index in [0.29, 0.717) is 0 Å². The third-order valence-corrected chi connectivity index (χ3v) is 1.61. The average Bonchev–Trinajstić information content (AvgIpc) is 2.50. The van der Waals surface area contributed by atoms with Crippen molar-refractivity contribution in [3.05, 3.63) is 18.0 Å². The van der Waals surface area contributed by atoms with Crippen LogP contribution < -0.4 is 5.73 Å². The Balaban J connectivity index is 2.83. The van der Waals surface area contributed by atoms with Crippen LogP contribution in [0.5, 0.6) is 0 Å². The molecule has 1 rings (SSSR count). The summed E-state index contributed by atoms with van der Waals surface area (Å²) in [5, 5.41) is 13.3. The summed E-state index contributed by atoms with van der Waals surface area (Å²) in [6, 6.07) is 1.78. The minimum absolute atomic E-state index is 0.242. The molecule has 3 N–H and O–H groups in total. The summed E-state index contributed by atoms with van der Waals surface area (Å²) in [7, 11) is 0. The summed E-state index contributed by atoms with van der Waals surface area (Å²) in [6.45, 7) is 2.98. The summed E-state index contributed by atoms with van der Waals surface area (Å²) in [4.78, 5) is 0. The van der Waals surface area contributed by atoms with Crippen molar-refractivity contribution >= 4 is 0 Å². The second-order valence-corrected chi connectivity index (χ2v) is 2.32. The molecule has 0 amide bonds. The van der Waals surface area contributed by atoms with Crippen molar-refractivity contribution in [2.45, 2.75) is 19.6 Å². The average molecular weight is 155 g/mol. The van der Waals surface area contributed by atoms with E-state index in [1.165, 1.54) is 0 Å². The molecule has 0 saturated carbocycles. The highest BCUT2D eigenvalue weighted by molar-refractivity contribution is 5.04. The molecule has 11 heavy (non-hydrogen) atoms. The van der Waals surface area contributed by atoms with Crippen molar-refractivity contribution in [2.24, 2.45) is 5.73 Å². The molecular weight excluding hydrogens is 142 g/mol. The number of hydrogen-bond donors (Lipinski definition) is 2. The molecule has 0 saturated heterocycles. The molecule has 1 atom stereocenters. The van der Waals surface area contributed by atoms with E-state index in [-0.39, 0.29) is 6.54 Å². The lowest BCUT2D eigenvalue weighted by Gasteiger charge is -2.08. The fraction of sp³-hybridized carbons (Fsp3) is 0.571. The standard InChI is InChI=1S/C7H13N3O/c1-2-10-6(3-4-9-10)7(11)5-8/h3-4,7,11H,2,5,8H2,1H3/t7-/m1/s1. The van der Waals surface area contributed by atoms with Crippen molar-refractivity contribution in [2.75, 3.05) is 6.54 Å². The van der Waals surface area contributed by atoms with Gasteiger partial charge in [-0.2, -0.15) is 5.10 Å². The minimum atomic E-state index is -0.586. The molecule has 0 radical (unpaired) electrons. The van der Waals surface area contributed by atoms with Crippen molar-refractivity contribution in [1.82, 2.24) is 9.78 Å². The van der Waals surface area contributed by atoms with E-state index in [0.717, 1.165) is 12.2 Å². The molecule has 1 aromatic heterocycles. The second kappa shape index (κ2) is 3.50. The SMILES string of the molecule is CCn1nccc1[C@H](O)CN. The van der Waals surface area contributed by atoms with Crippen LogP contribution in [0.3, 0.4) is 0 Å². The lowest BCUT2D eigenvalue weighted by Crippen LogP contribution is -2.16. The molecule has 62 valence electrons. The zero-order chi connectivity index (χ0) is 8.27. The summed E-state index contributed by atoms with van der Waals surface area (Å²) in [5.41, 5.74) is 6.08. The Labute approximate surface area is 65.6 Å². The molecule has 4 heteroatoms. The highest BCUT2D eigenvalue weighted by Crippen LogP contribution is 2.09. The molecule has 0 spiro atoms. The van der Waals surface area contributed by atoms with Gasteiger partial charge in [0.2, 0.25) is 0 Å². The molecule has 0 aliphatic heterocycles. The maximum Gasteiger partial charge on any atom is 0.108 e. The Morgan fingerprint density at radius 1 is 1.82 bits per heavy atom. The lowest BCUT2D eigenvalue weighted by atomic mass is 10.2. The van der Waals surface area contributed by atoms with E-state index in [9.17, 15) is 5.11 Å². The summed E-state index contributed by atoms with van der Waals surface area (Å²) in [6.07, 6.45) is 1.08. The van der Waals surface area contributed by atoms with E-state index >= 15 is 0 Å². The number of hydrogen-bond acceptors (Lipinski definition) is 3. The van der Waals surface area contributed by atoms with E-state index in [1.807, 2.05) is 6.92 Å². The van der Waals surface area contributed by atoms with Gasteiger partial charge in [0.05, 0.1) is 5.69 Å². The number of aryl methyl sites for hydroxylation is 1. The van der Waals surface area contributed by atoms with Gasteiger partial charge in [-0.15, -0.1) is 0 Å². The maximum absolute atomic E-state index is 9.34. The Morgan fingerprint density at radius 3 is 3.09 bits per heavy atom. The molecule has 4 nitrogen and oxygen atoms in total. The number of rotatable bonds is 3. The first-order valence-electron chi connectivity index (χ1n) is 3.69. The van der Waals surface area contributed by atoms with Crippen LogP contribution in [-0.4, -0.2) is 21.4 Å². The van der Waals surface area contributed by atoms with Crippen LogP contribution in [0.1, 0.15) is 18.7 Å².